The first-order chi connectivity index (χ1) is 13.6. The fourth-order valence-corrected chi connectivity index (χ4v) is 5.85. The summed E-state index contributed by atoms with van der Waals surface area (Å²) in [5.41, 5.74) is 2.75. The van der Waals surface area contributed by atoms with Crippen LogP contribution in [0.25, 0.3) is 0 Å². The van der Waals surface area contributed by atoms with Crippen molar-refractivity contribution in [1.82, 2.24) is 9.80 Å². The highest BCUT2D eigenvalue weighted by Crippen LogP contribution is 2.44. The molecule has 5 rings (SSSR count). The van der Waals surface area contributed by atoms with E-state index in [9.17, 15) is 9.90 Å². The highest BCUT2D eigenvalue weighted by atomic mass is 16.6. The monoisotopic (exact) mass is 384 g/mol. The Labute approximate surface area is 167 Å². The minimum absolute atomic E-state index is 0.0324. The Bertz CT molecular complexity index is 695. The number of rotatable bonds is 3. The number of piperidine rings is 2. The number of aliphatic hydroxyl groups is 1. The van der Waals surface area contributed by atoms with Gasteiger partial charge in [-0.15, -0.1) is 0 Å². The molecule has 1 spiro atoms. The van der Waals surface area contributed by atoms with Crippen molar-refractivity contribution < 1.29 is 14.6 Å². The van der Waals surface area contributed by atoms with Gasteiger partial charge in [0, 0.05) is 32.1 Å². The fourth-order valence-electron chi connectivity index (χ4n) is 5.85. The first kappa shape index (κ1) is 18.6. The van der Waals surface area contributed by atoms with E-state index in [2.05, 4.69) is 34.1 Å². The first-order valence-corrected chi connectivity index (χ1v) is 11.0. The Morgan fingerprint density at radius 2 is 1.68 bits per heavy atom. The van der Waals surface area contributed by atoms with E-state index in [1.807, 2.05) is 0 Å². The zero-order valence-electron chi connectivity index (χ0n) is 16.7. The fraction of sp³-hybridized carbons (Fsp3) is 0.696. The standard InChI is InChI=1S/C23H32N2O3/c26-20-5-9-24(10-6-20)16-21-15-23(22(27)28-21)7-11-25(12-8-23)19-13-17-3-1-2-4-18(17)14-19/h1-4,19-21,26H,5-16H2. The van der Waals surface area contributed by atoms with Gasteiger partial charge in [0.1, 0.15) is 6.10 Å². The molecule has 5 heteroatoms. The quantitative estimate of drug-likeness (QED) is 0.808. The molecule has 28 heavy (non-hydrogen) atoms. The van der Waals surface area contributed by atoms with E-state index in [1.165, 1.54) is 11.1 Å². The zero-order valence-corrected chi connectivity index (χ0v) is 16.7. The van der Waals surface area contributed by atoms with E-state index < -0.39 is 0 Å². The van der Waals surface area contributed by atoms with Crippen LogP contribution in [-0.2, 0) is 22.4 Å². The minimum Gasteiger partial charge on any atom is -0.461 e. The predicted molar refractivity (Wildman–Crippen MR) is 107 cm³/mol. The average molecular weight is 385 g/mol. The van der Waals surface area contributed by atoms with Crippen LogP contribution >= 0.6 is 0 Å². The average Bonchev–Trinajstić information content (AvgIpc) is 3.26. The van der Waals surface area contributed by atoms with Crippen molar-refractivity contribution in [1.29, 1.82) is 0 Å². The molecule has 1 atom stereocenters. The topological polar surface area (TPSA) is 53.0 Å². The van der Waals surface area contributed by atoms with Crippen molar-refractivity contribution in [3.8, 4) is 0 Å². The van der Waals surface area contributed by atoms with Crippen molar-refractivity contribution in [3.05, 3.63) is 35.4 Å². The molecule has 3 fully saturated rings. The summed E-state index contributed by atoms with van der Waals surface area (Å²) in [6.07, 6.45) is 6.61. The summed E-state index contributed by atoms with van der Waals surface area (Å²) in [6, 6.07) is 9.41. The number of benzene rings is 1. The third kappa shape index (κ3) is 3.49. The molecule has 0 aromatic heterocycles. The third-order valence-electron chi connectivity index (χ3n) is 7.65. The first-order valence-electron chi connectivity index (χ1n) is 11.0. The normalized spacial score (nSPS) is 29.3. The smallest absolute Gasteiger partial charge is 0.312 e. The Hall–Kier alpha value is -1.43. The lowest BCUT2D eigenvalue weighted by molar-refractivity contribution is -0.151. The van der Waals surface area contributed by atoms with Crippen molar-refractivity contribution in [2.75, 3.05) is 32.7 Å². The van der Waals surface area contributed by atoms with Gasteiger partial charge in [-0.1, -0.05) is 24.3 Å². The summed E-state index contributed by atoms with van der Waals surface area (Å²) in [5, 5.41) is 9.68. The molecule has 5 nitrogen and oxygen atoms in total. The van der Waals surface area contributed by atoms with Crippen LogP contribution in [0, 0.1) is 5.41 Å². The Balaban J connectivity index is 1.15. The summed E-state index contributed by atoms with van der Waals surface area (Å²) < 4.78 is 5.83. The number of fused-ring (bicyclic) bond motifs is 1. The minimum atomic E-state index is -0.248. The number of likely N-dealkylation sites (tertiary alicyclic amines) is 2. The molecule has 0 radical (unpaired) electrons. The number of carbonyl (C=O) groups is 1. The van der Waals surface area contributed by atoms with Gasteiger partial charge in [-0.3, -0.25) is 14.6 Å². The van der Waals surface area contributed by atoms with E-state index in [0.29, 0.717) is 6.04 Å². The predicted octanol–water partition coefficient (Wildman–Crippen LogP) is 2.01. The lowest BCUT2D eigenvalue weighted by Gasteiger charge is -2.39. The number of hydrogen-bond acceptors (Lipinski definition) is 5. The molecule has 3 aliphatic heterocycles. The van der Waals surface area contributed by atoms with Gasteiger partial charge in [-0.05, 0) is 62.7 Å². The number of cyclic esters (lactones) is 1. The van der Waals surface area contributed by atoms with E-state index >= 15 is 0 Å². The van der Waals surface area contributed by atoms with Crippen LogP contribution in [0.1, 0.15) is 43.2 Å². The SMILES string of the molecule is O=C1OC(CN2CCC(O)CC2)CC12CCN(C1Cc3ccccc3C1)CC2. The van der Waals surface area contributed by atoms with Crippen LogP contribution in [0.3, 0.4) is 0 Å². The Morgan fingerprint density at radius 1 is 1.04 bits per heavy atom. The number of carbonyl (C=O) groups excluding carboxylic acids is 1. The second-order valence-electron chi connectivity index (χ2n) is 9.41. The van der Waals surface area contributed by atoms with Gasteiger partial charge in [0.25, 0.3) is 0 Å². The molecule has 4 aliphatic rings. The van der Waals surface area contributed by atoms with Crippen LogP contribution in [0.15, 0.2) is 24.3 Å². The second kappa shape index (κ2) is 7.43. The molecule has 1 aromatic rings. The third-order valence-corrected chi connectivity index (χ3v) is 7.65. The van der Waals surface area contributed by atoms with E-state index in [-0.39, 0.29) is 23.6 Å². The molecule has 0 amide bonds. The van der Waals surface area contributed by atoms with Crippen LogP contribution < -0.4 is 0 Å². The Morgan fingerprint density at radius 3 is 2.32 bits per heavy atom. The number of aliphatic hydroxyl groups excluding tert-OH is 1. The molecular weight excluding hydrogens is 352 g/mol. The molecule has 1 aliphatic carbocycles. The van der Waals surface area contributed by atoms with Crippen LogP contribution in [0.5, 0.6) is 0 Å². The van der Waals surface area contributed by atoms with Crippen molar-refractivity contribution in [2.24, 2.45) is 5.41 Å². The molecule has 3 heterocycles. The largest absolute Gasteiger partial charge is 0.461 e. The molecule has 3 saturated heterocycles. The van der Waals surface area contributed by atoms with Crippen molar-refractivity contribution >= 4 is 5.97 Å². The number of hydrogen-bond donors (Lipinski definition) is 1. The van der Waals surface area contributed by atoms with Gasteiger partial charge in [-0.25, -0.2) is 0 Å². The molecule has 0 bridgehead atoms. The van der Waals surface area contributed by atoms with Crippen LogP contribution in [-0.4, -0.2) is 71.8 Å². The summed E-state index contributed by atoms with van der Waals surface area (Å²) in [6.45, 7) is 4.69. The Kier molecular flexibility index (Phi) is 4.93. The van der Waals surface area contributed by atoms with Gasteiger partial charge < -0.3 is 9.84 Å². The highest BCUT2D eigenvalue weighted by Gasteiger charge is 2.51. The van der Waals surface area contributed by atoms with E-state index in [0.717, 1.165) is 77.7 Å². The van der Waals surface area contributed by atoms with Gasteiger partial charge in [0.15, 0.2) is 0 Å². The maximum atomic E-state index is 12.8. The van der Waals surface area contributed by atoms with Crippen molar-refractivity contribution in [2.45, 2.75) is 63.2 Å². The number of esters is 1. The van der Waals surface area contributed by atoms with Crippen LogP contribution in [0.2, 0.25) is 0 Å². The maximum Gasteiger partial charge on any atom is 0.312 e. The summed E-state index contributed by atoms with van der Waals surface area (Å²) in [5.74, 6) is 0.0453. The van der Waals surface area contributed by atoms with Gasteiger partial charge in [0.05, 0.1) is 11.5 Å². The molecule has 152 valence electrons. The maximum absolute atomic E-state index is 12.8. The second-order valence-corrected chi connectivity index (χ2v) is 9.41. The summed E-state index contributed by atoms with van der Waals surface area (Å²) in [7, 11) is 0. The van der Waals surface area contributed by atoms with Crippen LogP contribution in [0.4, 0.5) is 0 Å². The molecule has 1 unspecified atom stereocenters. The summed E-state index contributed by atoms with van der Waals surface area (Å²) >= 11 is 0. The molecule has 1 aromatic carbocycles. The lowest BCUT2D eigenvalue weighted by Crippen LogP contribution is -2.47. The van der Waals surface area contributed by atoms with Gasteiger partial charge in [-0.2, -0.15) is 0 Å². The van der Waals surface area contributed by atoms with Gasteiger partial charge in [0.2, 0.25) is 0 Å². The summed E-state index contributed by atoms with van der Waals surface area (Å²) in [4.78, 5) is 17.7. The molecular formula is C23H32N2O3. The van der Waals surface area contributed by atoms with E-state index in [1.54, 1.807) is 0 Å². The zero-order chi connectivity index (χ0) is 19.1. The van der Waals surface area contributed by atoms with Gasteiger partial charge >= 0.3 is 5.97 Å². The molecule has 0 saturated carbocycles. The molecule has 1 N–H and O–H groups in total. The number of nitrogens with zero attached hydrogens (tertiary/aromatic N) is 2. The lowest BCUT2D eigenvalue weighted by atomic mass is 9.75. The van der Waals surface area contributed by atoms with E-state index in [4.69, 9.17) is 4.74 Å². The highest BCUT2D eigenvalue weighted by molar-refractivity contribution is 5.79. The van der Waals surface area contributed by atoms with Crippen molar-refractivity contribution in [3.63, 3.8) is 0 Å². The number of ether oxygens (including phenoxy) is 1.